The Morgan fingerprint density at radius 1 is 1.00 bits per heavy atom. The maximum absolute atomic E-state index is 12.5. The van der Waals surface area contributed by atoms with Crippen LogP contribution in [0.5, 0.6) is 11.5 Å². The van der Waals surface area contributed by atoms with E-state index >= 15 is 0 Å². The van der Waals surface area contributed by atoms with E-state index in [4.69, 9.17) is 21.1 Å². The number of hydrogen-bond acceptors (Lipinski definition) is 4. The molecule has 0 radical (unpaired) electrons. The zero-order valence-corrected chi connectivity index (χ0v) is 15.6. The zero-order chi connectivity index (χ0) is 18.2. The van der Waals surface area contributed by atoms with Crippen LogP contribution < -0.4 is 9.47 Å². The highest BCUT2D eigenvalue weighted by atomic mass is 35.5. The number of piperazine rings is 1. The second-order valence-electron chi connectivity index (χ2n) is 5.92. The van der Waals surface area contributed by atoms with E-state index in [0.717, 1.165) is 5.56 Å². The lowest BCUT2D eigenvalue weighted by atomic mass is 10.1. The summed E-state index contributed by atoms with van der Waals surface area (Å²) in [6, 6.07) is 5.49. The van der Waals surface area contributed by atoms with Crippen molar-refractivity contribution >= 4 is 23.4 Å². The highest BCUT2D eigenvalue weighted by molar-refractivity contribution is 6.17. The molecule has 0 bridgehead atoms. The van der Waals surface area contributed by atoms with Crippen molar-refractivity contribution in [2.45, 2.75) is 19.3 Å². The third-order valence-corrected chi connectivity index (χ3v) is 4.58. The first-order chi connectivity index (χ1) is 12.1. The average Bonchev–Trinajstić information content (AvgIpc) is 2.66. The molecule has 2 amide bonds. The van der Waals surface area contributed by atoms with E-state index in [0.29, 0.717) is 62.8 Å². The predicted octanol–water partition coefficient (Wildman–Crippen LogP) is 1.94. The molecule has 0 aliphatic carbocycles. The predicted molar refractivity (Wildman–Crippen MR) is 96.4 cm³/mol. The second-order valence-corrected chi connectivity index (χ2v) is 6.30. The van der Waals surface area contributed by atoms with Crippen molar-refractivity contribution in [1.29, 1.82) is 0 Å². The van der Waals surface area contributed by atoms with Crippen LogP contribution in [0.25, 0.3) is 0 Å². The minimum atomic E-state index is 0.0556. The average molecular weight is 369 g/mol. The molecule has 1 aliphatic rings. The molecular formula is C18H25ClN2O4. The highest BCUT2D eigenvalue weighted by Gasteiger charge is 2.24. The van der Waals surface area contributed by atoms with Crippen LogP contribution in [0.1, 0.15) is 18.4 Å². The van der Waals surface area contributed by atoms with Crippen molar-refractivity contribution in [1.82, 2.24) is 9.80 Å². The van der Waals surface area contributed by atoms with Gasteiger partial charge in [-0.1, -0.05) is 6.07 Å². The van der Waals surface area contributed by atoms with Crippen molar-refractivity contribution < 1.29 is 19.1 Å². The van der Waals surface area contributed by atoms with Crippen molar-refractivity contribution in [3.05, 3.63) is 23.8 Å². The maximum atomic E-state index is 12.5. The van der Waals surface area contributed by atoms with Gasteiger partial charge in [-0.25, -0.2) is 0 Å². The summed E-state index contributed by atoms with van der Waals surface area (Å²) in [7, 11) is 3.15. The molecule has 0 atom stereocenters. The quantitative estimate of drug-likeness (QED) is 0.690. The van der Waals surface area contributed by atoms with Crippen molar-refractivity contribution in [3.63, 3.8) is 0 Å². The van der Waals surface area contributed by atoms with Gasteiger partial charge in [0.05, 0.1) is 20.6 Å². The summed E-state index contributed by atoms with van der Waals surface area (Å²) in [5, 5.41) is 0. The first-order valence-electron chi connectivity index (χ1n) is 8.41. The number of alkyl halides is 1. The van der Waals surface area contributed by atoms with Gasteiger partial charge in [-0.15, -0.1) is 11.6 Å². The van der Waals surface area contributed by atoms with E-state index in [1.54, 1.807) is 20.3 Å². The third kappa shape index (κ3) is 5.26. The monoisotopic (exact) mass is 368 g/mol. The number of halogens is 1. The Morgan fingerprint density at radius 2 is 1.60 bits per heavy atom. The summed E-state index contributed by atoms with van der Waals surface area (Å²) in [6.07, 6.45) is 1.47. The van der Waals surface area contributed by atoms with Gasteiger partial charge in [0.25, 0.3) is 0 Å². The van der Waals surface area contributed by atoms with Crippen LogP contribution in [0.4, 0.5) is 0 Å². The largest absolute Gasteiger partial charge is 0.493 e. The van der Waals surface area contributed by atoms with Gasteiger partial charge in [0, 0.05) is 38.5 Å². The summed E-state index contributed by atoms with van der Waals surface area (Å²) in [4.78, 5) is 28.1. The standard InChI is InChI=1S/C18H25ClN2O4/c1-24-15-6-5-14(12-16(15)25-2)13-18(23)21-10-8-20(9-11-21)17(22)4-3-7-19/h5-6,12H,3-4,7-11,13H2,1-2H3. The summed E-state index contributed by atoms with van der Waals surface area (Å²) in [5.41, 5.74) is 0.878. The Labute approximate surface area is 153 Å². The number of benzene rings is 1. The fourth-order valence-electron chi connectivity index (χ4n) is 2.86. The van der Waals surface area contributed by atoms with Crippen molar-refractivity contribution in [2.24, 2.45) is 0 Å². The minimum absolute atomic E-state index is 0.0556. The molecule has 6 nitrogen and oxygen atoms in total. The molecule has 7 heteroatoms. The smallest absolute Gasteiger partial charge is 0.227 e. The molecule has 2 rings (SSSR count). The Balaban J connectivity index is 1.87. The van der Waals surface area contributed by atoms with Crippen LogP contribution in [0, 0.1) is 0 Å². The van der Waals surface area contributed by atoms with Gasteiger partial charge in [0.15, 0.2) is 11.5 Å². The number of nitrogens with zero attached hydrogens (tertiary/aromatic N) is 2. The Bertz CT molecular complexity index is 601. The highest BCUT2D eigenvalue weighted by Crippen LogP contribution is 2.27. The lowest BCUT2D eigenvalue weighted by Gasteiger charge is -2.35. The molecule has 0 saturated carbocycles. The SMILES string of the molecule is COc1ccc(CC(=O)N2CCN(C(=O)CCCCl)CC2)cc1OC. The Morgan fingerprint density at radius 3 is 2.16 bits per heavy atom. The van der Waals surface area contributed by atoms with Gasteiger partial charge in [-0.05, 0) is 24.1 Å². The van der Waals surface area contributed by atoms with E-state index in [1.807, 2.05) is 21.9 Å². The number of ether oxygens (including phenoxy) is 2. The molecule has 1 fully saturated rings. The van der Waals surface area contributed by atoms with Crippen LogP contribution in [-0.4, -0.2) is 67.9 Å². The topological polar surface area (TPSA) is 59.1 Å². The van der Waals surface area contributed by atoms with E-state index in [9.17, 15) is 9.59 Å². The lowest BCUT2D eigenvalue weighted by Crippen LogP contribution is -2.51. The van der Waals surface area contributed by atoms with Gasteiger partial charge in [-0.2, -0.15) is 0 Å². The summed E-state index contributed by atoms with van der Waals surface area (Å²) < 4.78 is 10.5. The summed E-state index contributed by atoms with van der Waals surface area (Å²) in [5.74, 6) is 1.92. The van der Waals surface area contributed by atoms with Gasteiger partial charge >= 0.3 is 0 Å². The number of methoxy groups -OCH3 is 2. The number of amides is 2. The van der Waals surface area contributed by atoms with E-state index in [-0.39, 0.29) is 11.8 Å². The van der Waals surface area contributed by atoms with Gasteiger partial charge < -0.3 is 19.3 Å². The van der Waals surface area contributed by atoms with Crippen LogP contribution >= 0.6 is 11.6 Å². The fraction of sp³-hybridized carbons (Fsp3) is 0.556. The van der Waals surface area contributed by atoms with Crippen molar-refractivity contribution in [2.75, 3.05) is 46.3 Å². The molecule has 0 aromatic heterocycles. The molecule has 138 valence electrons. The first-order valence-corrected chi connectivity index (χ1v) is 8.95. The van der Waals surface area contributed by atoms with E-state index < -0.39 is 0 Å². The Hall–Kier alpha value is -1.95. The second kappa shape index (κ2) is 9.51. The molecule has 0 spiro atoms. The summed E-state index contributed by atoms with van der Waals surface area (Å²) in [6.45, 7) is 2.30. The Kier molecular flexibility index (Phi) is 7.37. The molecule has 25 heavy (non-hydrogen) atoms. The maximum Gasteiger partial charge on any atom is 0.227 e. The normalized spacial score (nSPS) is 14.4. The third-order valence-electron chi connectivity index (χ3n) is 4.31. The molecule has 0 N–H and O–H groups in total. The molecule has 1 aromatic rings. The van der Waals surface area contributed by atoms with Crippen LogP contribution in [0.3, 0.4) is 0 Å². The van der Waals surface area contributed by atoms with E-state index in [1.165, 1.54) is 0 Å². The molecule has 0 unspecified atom stereocenters. The van der Waals surface area contributed by atoms with Gasteiger partial charge in [-0.3, -0.25) is 9.59 Å². The fourth-order valence-corrected chi connectivity index (χ4v) is 2.99. The lowest BCUT2D eigenvalue weighted by molar-refractivity contribution is -0.139. The molecular weight excluding hydrogens is 344 g/mol. The van der Waals surface area contributed by atoms with Crippen molar-refractivity contribution in [3.8, 4) is 11.5 Å². The molecule has 1 aliphatic heterocycles. The number of carbonyl (C=O) groups is 2. The van der Waals surface area contributed by atoms with Crippen LogP contribution in [0.2, 0.25) is 0 Å². The summed E-state index contributed by atoms with van der Waals surface area (Å²) >= 11 is 5.63. The van der Waals surface area contributed by atoms with E-state index in [2.05, 4.69) is 0 Å². The molecule has 1 aromatic carbocycles. The molecule has 1 heterocycles. The van der Waals surface area contributed by atoms with Gasteiger partial charge in [0.1, 0.15) is 0 Å². The number of hydrogen-bond donors (Lipinski definition) is 0. The first kappa shape index (κ1) is 19.4. The number of carbonyl (C=O) groups excluding carboxylic acids is 2. The minimum Gasteiger partial charge on any atom is -0.493 e. The van der Waals surface area contributed by atoms with Crippen LogP contribution in [-0.2, 0) is 16.0 Å². The molecule has 1 saturated heterocycles. The van der Waals surface area contributed by atoms with Gasteiger partial charge in [0.2, 0.25) is 11.8 Å². The zero-order valence-electron chi connectivity index (χ0n) is 14.8. The van der Waals surface area contributed by atoms with Crippen LogP contribution in [0.15, 0.2) is 18.2 Å². The number of rotatable bonds is 7.